The van der Waals surface area contributed by atoms with Crippen LogP contribution < -0.4 is 4.74 Å². The van der Waals surface area contributed by atoms with Crippen molar-refractivity contribution in [3.8, 4) is 11.5 Å². The van der Waals surface area contributed by atoms with E-state index in [0.717, 1.165) is 43.2 Å². The molecule has 3 unspecified atom stereocenters. The van der Waals surface area contributed by atoms with Crippen LogP contribution in [0.15, 0.2) is 42.2 Å². The Labute approximate surface area is 193 Å². The van der Waals surface area contributed by atoms with Crippen LogP contribution in [0.3, 0.4) is 0 Å². The van der Waals surface area contributed by atoms with Gasteiger partial charge in [-0.1, -0.05) is 48.5 Å². The maximum Gasteiger partial charge on any atom is 0.173 e. The van der Waals surface area contributed by atoms with Crippen molar-refractivity contribution in [2.24, 2.45) is 17.3 Å². The van der Waals surface area contributed by atoms with Crippen molar-refractivity contribution >= 4 is 34.6 Å². The molecule has 2 bridgehead atoms. The quantitative estimate of drug-likeness (QED) is 0.509. The largest absolute Gasteiger partial charge is 0.511 e. The highest BCUT2D eigenvalue weighted by atomic mass is 35.5. The monoisotopic (exact) mass is 456 g/mol. The highest BCUT2D eigenvalue weighted by Gasteiger charge is 2.57. The summed E-state index contributed by atoms with van der Waals surface area (Å²) in [5, 5.41) is 12.3. The lowest BCUT2D eigenvalue weighted by molar-refractivity contribution is -0.128. The van der Waals surface area contributed by atoms with Gasteiger partial charge in [0.05, 0.1) is 10.6 Å². The third kappa shape index (κ3) is 3.47. The Morgan fingerprint density at radius 3 is 2.71 bits per heavy atom. The van der Waals surface area contributed by atoms with Crippen LogP contribution in [-0.4, -0.2) is 10.9 Å². The molecule has 0 radical (unpaired) electrons. The fraction of sp³-hybridized carbons (Fsp3) is 0.423. The third-order valence-corrected chi connectivity index (χ3v) is 8.12. The molecule has 162 valence electrons. The standard InChI is InChI=1S/C26H26Cl2O3/c1-15-5-7-18(31-22-8-6-17(27)13-21(22)28)14-19(15)23-24(29)20-12-16-4-2-3-10-26(20,11-9-16)25(23)30/h5-8,13-14,16,20,29H,2-4,9-12H2,1H3. The minimum Gasteiger partial charge on any atom is -0.511 e. The third-order valence-electron chi connectivity index (χ3n) is 7.59. The van der Waals surface area contributed by atoms with E-state index in [2.05, 4.69) is 0 Å². The maximum atomic E-state index is 13.8. The topological polar surface area (TPSA) is 46.5 Å². The molecule has 1 N–H and O–H groups in total. The van der Waals surface area contributed by atoms with Gasteiger partial charge in [0.1, 0.15) is 17.3 Å². The zero-order valence-electron chi connectivity index (χ0n) is 17.6. The van der Waals surface area contributed by atoms with Gasteiger partial charge in [-0.2, -0.15) is 0 Å². The predicted octanol–water partition coefficient (Wildman–Crippen LogP) is 7.92. The van der Waals surface area contributed by atoms with Crippen molar-refractivity contribution < 1.29 is 14.6 Å². The van der Waals surface area contributed by atoms with Gasteiger partial charge < -0.3 is 9.84 Å². The number of halogens is 2. The number of aliphatic hydroxyl groups excluding tert-OH is 1. The Bertz CT molecular complexity index is 1090. The number of allylic oxidation sites excluding steroid dienone is 2. The molecule has 3 saturated carbocycles. The average Bonchev–Trinajstić information content (AvgIpc) is 2.92. The van der Waals surface area contributed by atoms with E-state index in [0.29, 0.717) is 38.8 Å². The lowest BCUT2D eigenvalue weighted by Gasteiger charge is -2.43. The van der Waals surface area contributed by atoms with E-state index in [1.165, 1.54) is 12.8 Å². The summed E-state index contributed by atoms with van der Waals surface area (Å²) < 4.78 is 6.00. The van der Waals surface area contributed by atoms with Crippen molar-refractivity contribution in [2.45, 2.75) is 51.9 Å². The molecule has 2 aromatic carbocycles. The molecule has 3 fully saturated rings. The Hall–Kier alpha value is -1.97. The summed E-state index contributed by atoms with van der Waals surface area (Å²) in [5.41, 5.74) is 1.79. The number of aryl methyl sites for hydroxylation is 1. The van der Waals surface area contributed by atoms with Crippen LogP contribution in [0.4, 0.5) is 0 Å². The first-order chi connectivity index (χ1) is 14.9. The van der Waals surface area contributed by atoms with Gasteiger partial charge in [-0.05, 0) is 80.0 Å². The summed E-state index contributed by atoms with van der Waals surface area (Å²) in [6, 6.07) is 10.7. The second-order valence-electron chi connectivity index (χ2n) is 9.34. The van der Waals surface area contributed by atoms with E-state index in [4.69, 9.17) is 27.9 Å². The molecule has 4 aliphatic carbocycles. The number of hydrogen-bond donors (Lipinski definition) is 1. The van der Waals surface area contributed by atoms with Crippen LogP contribution in [0.1, 0.15) is 56.1 Å². The molecule has 4 aliphatic rings. The molecule has 0 aromatic heterocycles. The van der Waals surface area contributed by atoms with E-state index in [1.807, 2.05) is 25.1 Å². The van der Waals surface area contributed by atoms with E-state index < -0.39 is 5.41 Å². The molecular weight excluding hydrogens is 431 g/mol. The molecule has 0 saturated heterocycles. The minimum atomic E-state index is -0.418. The van der Waals surface area contributed by atoms with Gasteiger partial charge in [-0.25, -0.2) is 0 Å². The summed E-state index contributed by atoms with van der Waals surface area (Å²) in [4.78, 5) is 13.8. The number of hydrogen-bond acceptors (Lipinski definition) is 3. The molecule has 0 amide bonds. The highest BCUT2D eigenvalue weighted by molar-refractivity contribution is 6.35. The Kier molecular flexibility index (Phi) is 5.30. The van der Waals surface area contributed by atoms with Gasteiger partial charge in [0.25, 0.3) is 0 Å². The van der Waals surface area contributed by atoms with Gasteiger partial charge in [0.15, 0.2) is 5.78 Å². The highest BCUT2D eigenvalue weighted by Crippen LogP contribution is 2.59. The van der Waals surface area contributed by atoms with Crippen molar-refractivity contribution in [3.05, 3.63) is 63.3 Å². The first-order valence-electron chi connectivity index (χ1n) is 11.1. The number of carbonyl (C=O) groups is 1. The summed E-state index contributed by atoms with van der Waals surface area (Å²) in [6.45, 7) is 1.97. The van der Waals surface area contributed by atoms with Crippen LogP contribution in [0.5, 0.6) is 11.5 Å². The lowest BCUT2D eigenvalue weighted by Crippen LogP contribution is -2.41. The molecule has 2 aromatic rings. The molecule has 3 nitrogen and oxygen atoms in total. The average molecular weight is 457 g/mol. The summed E-state index contributed by atoms with van der Waals surface area (Å²) in [7, 11) is 0. The Morgan fingerprint density at radius 1 is 1.06 bits per heavy atom. The van der Waals surface area contributed by atoms with E-state index in [1.54, 1.807) is 18.2 Å². The first-order valence-corrected chi connectivity index (χ1v) is 11.9. The SMILES string of the molecule is Cc1ccc(Oc2ccc(Cl)cc2Cl)cc1C1=C(O)C2CC3CCCCC2(CC3)C1=O. The zero-order chi connectivity index (χ0) is 21.8. The van der Waals surface area contributed by atoms with Gasteiger partial charge in [-0.3, -0.25) is 4.79 Å². The minimum absolute atomic E-state index is 0.0382. The molecule has 31 heavy (non-hydrogen) atoms. The Balaban J connectivity index is 1.54. The van der Waals surface area contributed by atoms with Crippen molar-refractivity contribution in [1.82, 2.24) is 0 Å². The number of ether oxygens (including phenoxy) is 1. The molecule has 3 atom stereocenters. The van der Waals surface area contributed by atoms with Crippen LogP contribution in [0.25, 0.3) is 5.57 Å². The molecule has 0 aliphatic heterocycles. The van der Waals surface area contributed by atoms with E-state index >= 15 is 0 Å². The fourth-order valence-electron chi connectivity index (χ4n) is 5.92. The van der Waals surface area contributed by atoms with Gasteiger partial charge in [0, 0.05) is 16.4 Å². The van der Waals surface area contributed by atoms with Crippen LogP contribution in [0.2, 0.25) is 10.0 Å². The predicted molar refractivity (Wildman–Crippen MR) is 124 cm³/mol. The summed E-state index contributed by atoms with van der Waals surface area (Å²) in [6.07, 6.45) is 7.27. The fourth-order valence-corrected chi connectivity index (χ4v) is 6.37. The van der Waals surface area contributed by atoms with Crippen molar-refractivity contribution in [3.63, 3.8) is 0 Å². The molecule has 0 heterocycles. The number of benzene rings is 2. The second kappa shape index (κ2) is 7.86. The smallest absolute Gasteiger partial charge is 0.173 e. The Morgan fingerprint density at radius 2 is 1.90 bits per heavy atom. The first kappa shape index (κ1) is 20.9. The van der Waals surface area contributed by atoms with E-state index in [9.17, 15) is 9.90 Å². The number of Topliss-reactive ketones (excluding diaryl/α,β-unsaturated/α-hetero) is 1. The van der Waals surface area contributed by atoms with Crippen molar-refractivity contribution in [1.29, 1.82) is 0 Å². The molecule has 6 rings (SSSR count). The van der Waals surface area contributed by atoms with Crippen LogP contribution in [-0.2, 0) is 4.79 Å². The molecule has 1 spiro atoms. The summed E-state index contributed by atoms with van der Waals surface area (Å²) in [5.74, 6) is 2.07. The van der Waals surface area contributed by atoms with Gasteiger partial charge >= 0.3 is 0 Å². The van der Waals surface area contributed by atoms with Crippen LogP contribution in [0, 0.1) is 24.2 Å². The summed E-state index contributed by atoms with van der Waals surface area (Å²) >= 11 is 12.3. The van der Waals surface area contributed by atoms with Crippen molar-refractivity contribution in [2.75, 3.05) is 0 Å². The molecular formula is C26H26Cl2O3. The van der Waals surface area contributed by atoms with Gasteiger partial charge in [-0.15, -0.1) is 0 Å². The van der Waals surface area contributed by atoms with Gasteiger partial charge in [0.2, 0.25) is 0 Å². The zero-order valence-corrected chi connectivity index (χ0v) is 19.1. The number of fused-ring (bicyclic) bond motifs is 4. The normalized spacial score (nSPS) is 27.8. The second-order valence-corrected chi connectivity index (χ2v) is 10.2. The number of ketones is 1. The number of rotatable bonds is 3. The molecule has 5 heteroatoms. The van der Waals surface area contributed by atoms with E-state index in [-0.39, 0.29) is 11.7 Å². The maximum absolute atomic E-state index is 13.8. The van der Waals surface area contributed by atoms with Crippen LogP contribution >= 0.6 is 23.2 Å². The number of carbonyl (C=O) groups excluding carboxylic acids is 1. The lowest BCUT2D eigenvalue weighted by atomic mass is 9.59. The number of aliphatic hydroxyl groups is 1.